The van der Waals surface area contributed by atoms with Gasteiger partial charge in [-0.05, 0) is 44.6 Å². The number of hydrogen-bond acceptors (Lipinski definition) is 2. The topological polar surface area (TPSA) is 29.3 Å². The molecule has 1 saturated heterocycles. The zero-order valence-electron chi connectivity index (χ0n) is 12.5. The molecule has 2 aliphatic rings. The molecule has 2 rings (SSSR count). The molecule has 0 bridgehead atoms. The largest absolute Gasteiger partial charge is 0.329 e. The fourth-order valence-corrected chi connectivity index (χ4v) is 4.66. The van der Waals surface area contributed by atoms with E-state index in [1.165, 1.54) is 64.3 Å². The van der Waals surface area contributed by atoms with Crippen LogP contribution in [0.3, 0.4) is 0 Å². The Morgan fingerprint density at radius 1 is 1.06 bits per heavy atom. The molecule has 1 saturated carbocycles. The molecule has 3 unspecified atom stereocenters. The maximum absolute atomic E-state index is 6.29. The lowest BCUT2D eigenvalue weighted by Gasteiger charge is -2.48. The maximum Gasteiger partial charge on any atom is 0.0362 e. The predicted molar refractivity (Wildman–Crippen MR) is 78.7 cm³/mol. The molecule has 3 atom stereocenters. The molecular weight excluding hydrogens is 220 g/mol. The van der Waals surface area contributed by atoms with Gasteiger partial charge in [0.2, 0.25) is 0 Å². The molecule has 0 amide bonds. The van der Waals surface area contributed by atoms with Crippen molar-refractivity contribution in [2.75, 3.05) is 13.1 Å². The summed E-state index contributed by atoms with van der Waals surface area (Å²) >= 11 is 0. The lowest BCUT2D eigenvalue weighted by atomic mass is 9.81. The van der Waals surface area contributed by atoms with Crippen LogP contribution in [0.2, 0.25) is 0 Å². The monoisotopic (exact) mass is 252 g/mol. The van der Waals surface area contributed by atoms with Crippen molar-refractivity contribution in [1.29, 1.82) is 0 Å². The minimum absolute atomic E-state index is 0.347. The first-order chi connectivity index (χ1) is 8.78. The van der Waals surface area contributed by atoms with Crippen LogP contribution in [0.1, 0.15) is 71.6 Å². The maximum atomic E-state index is 6.29. The molecule has 2 N–H and O–H groups in total. The van der Waals surface area contributed by atoms with Gasteiger partial charge in [0.1, 0.15) is 0 Å². The Hall–Kier alpha value is -0.0800. The molecule has 2 nitrogen and oxygen atoms in total. The third-order valence-electron chi connectivity index (χ3n) is 5.69. The molecule has 0 radical (unpaired) electrons. The van der Waals surface area contributed by atoms with E-state index in [1.54, 1.807) is 0 Å². The summed E-state index contributed by atoms with van der Waals surface area (Å²) in [5.41, 5.74) is 6.64. The highest BCUT2D eigenvalue weighted by atomic mass is 15.2. The molecule has 1 heterocycles. The Bertz CT molecular complexity index is 253. The third-order valence-corrected chi connectivity index (χ3v) is 5.69. The number of hydrogen-bond donors (Lipinski definition) is 1. The van der Waals surface area contributed by atoms with Crippen LogP contribution in [0, 0.1) is 5.92 Å². The van der Waals surface area contributed by atoms with Gasteiger partial charge < -0.3 is 5.73 Å². The number of nitrogens with two attached hydrogens (primary N) is 1. The van der Waals surface area contributed by atoms with E-state index in [0.29, 0.717) is 5.54 Å². The lowest BCUT2D eigenvalue weighted by Crippen LogP contribution is -2.59. The van der Waals surface area contributed by atoms with Gasteiger partial charge in [-0.1, -0.05) is 39.5 Å². The van der Waals surface area contributed by atoms with Gasteiger partial charge in [-0.25, -0.2) is 0 Å². The zero-order chi connectivity index (χ0) is 13.0. The highest BCUT2D eigenvalue weighted by Crippen LogP contribution is 2.44. The second-order valence-electron chi connectivity index (χ2n) is 6.41. The Labute approximate surface area is 113 Å². The zero-order valence-corrected chi connectivity index (χ0v) is 12.5. The molecule has 1 aliphatic heterocycles. The summed E-state index contributed by atoms with van der Waals surface area (Å²) in [5, 5.41) is 0. The molecule has 2 heteroatoms. The molecule has 0 aromatic rings. The van der Waals surface area contributed by atoms with Crippen molar-refractivity contribution in [2.24, 2.45) is 11.7 Å². The summed E-state index contributed by atoms with van der Waals surface area (Å²) in [5.74, 6) is 0.842. The van der Waals surface area contributed by atoms with E-state index in [4.69, 9.17) is 5.73 Å². The average molecular weight is 252 g/mol. The summed E-state index contributed by atoms with van der Waals surface area (Å²) in [6, 6.07) is 0.795. The van der Waals surface area contributed by atoms with Gasteiger partial charge in [-0.3, -0.25) is 4.90 Å². The molecule has 0 aromatic carbocycles. The quantitative estimate of drug-likeness (QED) is 0.829. The van der Waals surface area contributed by atoms with Crippen molar-refractivity contribution in [2.45, 2.75) is 83.2 Å². The molecule has 1 aliphatic carbocycles. The summed E-state index contributed by atoms with van der Waals surface area (Å²) in [6.07, 6.45) is 12.4. The summed E-state index contributed by atoms with van der Waals surface area (Å²) in [6.45, 7) is 6.90. The van der Waals surface area contributed by atoms with Gasteiger partial charge in [0.05, 0.1) is 0 Å². The molecule has 0 aromatic heterocycles. The van der Waals surface area contributed by atoms with Gasteiger partial charge in [-0.15, -0.1) is 0 Å². The van der Waals surface area contributed by atoms with Crippen LogP contribution in [0.15, 0.2) is 0 Å². The van der Waals surface area contributed by atoms with Gasteiger partial charge in [0.15, 0.2) is 0 Å². The Balaban J connectivity index is 2.22. The number of nitrogens with zero attached hydrogens (tertiary/aromatic N) is 1. The third kappa shape index (κ3) is 2.46. The SMILES string of the molecule is CCC1CCCCCN1C1(CN)CCCC1CC. The first-order valence-electron chi connectivity index (χ1n) is 8.25. The Morgan fingerprint density at radius 3 is 2.56 bits per heavy atom. The summed E-state index contributed by atoms with van der Waals surface area (Å²) < 4.78 is 0. The molecule has 18 heavy (non-hydrogen) atoms. The van der Waals surface area contributed by atoms with E-state index in [9.17, 15) is 0 Å². The summed E-state index contributed by atoms with van der Waals surface area (Å²) in [7, 11) is 0. The minimum atomic E-state index is 0.347. The average Bonchev–Trinajstić information content (AvgIpc) is 2.68. The Morgan fingerprint density at radius 2 is 1.89 bits per heavy atom. The van der Waals surface area contributed by atoms with Crippen molar-refractivity contribution in [1.82, 2.24) is 4.90 Å². The van der Waals surface area contributed by atoms with Crippen molar-refractivity contribution < 1.29 is 0 Å². The van der Waals surface area contributed by atoms with Crippen molar-refractivity contribution in [3.63, 3.8) is 0 Å². The van der Waals surface area contributed by atoms with Crippen LogP contribution in [0.25, 0.3) is 0 Å². The van der Waals surface area contributed by atoms with Crippen LogP contribution in [-0.2, 0) is 0 Å². The first-order valence-corrected chi connectivity index (χ1v) is 8.25. The van der Waals surface area contributed by atoms with E-state index in [1.807, 2.05) is 0 Å². The van der Waals surface area contributed by atoms with Gasteiger partial charge in [0.25, 0.3) is 0 Å². The van der Waals surface area contributed by atoms with E-state index >= 15 is 0 Å². The molecule has 106 valence electrons. The standard InChI is InChI=1S/C16H32N2/c1-3-14-9-8-11-16(14,13-17)18-12-7-5-6-10-15(18)4-2/h14-15H,3-13,17H2,1-2H3. The van der Waals surface area contributed by atoms with Crippen LogP contribution in [-0.4, -0.2) is 29.6 Å². The van der Waals surface area contributed by atoms with Gasteiger partial charge in [-0.2, -0.15) is 0 Å². The normalized spacial score (nSPS) is 38.8. The Kier molecular flexibility index (Phi) is 5.08. The smallest absolute Gasteiger partial charge is 0.0362 e. The van der Waals surface area contributed by atoms with Crippen LogP contribution in [0.4, 0.5) is 0 Å². The van der Waals surface area contributed by atoms with Crippen LogP contribution in [0.5, 0.6) is 0 Å². The van der Waals surface area contributed by atoms with Crippen molar-refractivity contribution in [3.8, 4) is 0 Å². The fraction of sp³-hybridized carbons (Fsp3) is 1.00. The first kappa shape index (κ1) is 14.3. The highest BCUT2D eigenvalue weighted by Gasteiger charge is 2.47. The number of likely N-dealkylation sites (tertiary alicyclic amines) is 1. The predicted octanol–water partition coefficient (Wildman–Crippen LogP) is 3.55. The van der Waals surface area contributed by atoms with Crippen molar-refractivity contribution in [3.05, 3.63) is 0 Å². The van der Waals surface area contributed by atoms with Gasteiger partial charge >= 0.3 is 0 Å². The van der Waals surface area contributed by atoms with Crippen molar-refractivity contribution >= 4 is 0 Å². The second-order valence-corrected chi connectivity index (χ2v) is 6.41. The minimum Gasteiger partial charge on any atom is -0.329 e. The summed E-state index contributed by atoms with van der Waals surface area (Å²) in [4.78, 5) is 2.86. The van der Waals surface area contributed by atoms with Crippen LogP contribution < -0.4 is 5.73 Å². The van der Waals surface area contributed by atoms with E-state index < -0.39 is 0 Å². The second kappa shape index (κ2) is 6.38. The highest BCUT2D eigenvalue weighted by molar-refractivity contribution is 5.03. The molecular formula is C16H32N2. The van der Waals surface area contributed by atoms with Gasteiger partial charge in [0, 0.05) is 18.1 Å². The van der Waals surface area contributed by atoms with E-state index in [2.05, 4.69) is 18.7 Å². The fourth-order valence-electron chi connectivity index (χ4n) is 4.66. The molecule has 2 fully saturated rings. The lowest BCUT2D eigenvalue weighted by molar-refractivity contribution is 0.0167. The van der Waals surface area contributed by atoms with E-state index in [0.717, 1.165) is 18.5 Å². The van der Waals surface area contributed by atoms with E-state index in [-0.39, 0.29) is 0 Å². The molecule has 0 spiro atoms. The number of rotatable bonds is 4. The van der Waals surface area contributed by atoms with Crippen LogP contribution >= 0.6 is 0 Å².